The summed E-state index contributed by atoms with van der Waals surface area (Å²) in [6.07, 6.45) is 0.801. The molecule has 38 valence electrons. The molecule has 4 heteroatoms. The van der Waals surface area contributed by atoms with Gasteiger partial charge in [-0.3, -0.25) is 4.79 Å². The van der Waals surface area contributed by atoms with Crippen LogP contribution in [-0.2, 0) is 0 Å². The van der Waals surface area contributed by atoms with E-state index in [0.29, 0.717) is 0 Å². The van der Waals surface area contributed by atoms with Crippen LogP contribution in [0.1, 0.15) is 0 Å². The van der Waals surface area contributed by atoms with Gasteiger partial charge >= 0.3 is 0 Å². The van der Waals surface area contributed by atoms with Crippen molar-refractivity contribution in [1.29, 1.82) is 0 Å². The van der Waals surface area contributed by atoms with E-state index in [0.717, 1.165) is 6.44 Å². The minimum atomic E-state index is 0.127. The number of amides is 1. The summed E-state index contributed by atoms with van der Waals surface area (Å²) in [5.74, 6) is 0.127. The standard InChI is InChI=1S/C3H9B2NO/c1-6(2-4)3(5)7/h2,4-5H2,1H3. The molecule has 2 nitrogen and oxygen atoms in total. The van der Waals surface area contributed by atoms with Crippen molar-refractivity contribution in [3.63, 3.8) is 0 Å². The third-order valence-corrected chi connectivity index (χ3v) is 1.01. The summed E-state index contributed by atoms with van der Waals surface area (Å²) in [4.78, 5) is 12.0. The molecular weight excluding hydrogens is 87.7 g/mol. The first-order valence-electron chi connectivity index (χ1n) is 2.40. The normalized spacial score (nSPS) is 8.14. The van der Waals surface area contributed by atoms with Crippen molar-refractivity contribution in [2.45, 2.75) is 0 Å². The highest BCUT2D eigenvalue weighted by Crippen LogP contribution is 1.74. The lowest BCUT2D eigenvalue weighted by Crippen LogP contribution is -2.26. The number of hydrogen-bond acceptors (Lipinski definition) is 1. The van der Waals surface area contributed by atoms with Gasteiger partial charge in [0.25, 0.3) is 0 Å². The molecule has 0 saturated heterocycles. The molecule has 0 aromatic carbocycles. The van der Waals surface area contributed by atoms with E-state index in [2.05, 4.69) is 0 Å². The number of nitrogens with zero attached hydrogens (tertiary/aromatic N) is 1. The summed E-state index contributed by atoms with van der Waals surface area (Å²) in [6, 6.07) is 0. The first kappa shape index (κ1) is 6.60. The van der Waals surface area contributed by atoms with Gasteiger partial charge < -0.3 is 4.90 Å². The zero-order valence-electron chi connectivity index (χ0n) is 5.06. The van der Waals surface area contributed by atoms with Crippen molar-refractivity contribution in [3.8, 4) is 0 Å². The molecule has 0 N–H and O–H groups in total. The third kappa shape index (κ3) is 2.31. The van der Waals surface area contributed by atoms with Crippen LogP contribution in [0.5, 0.6) is 0 Å². The van der Waals surface area contributed by atoms with E-state index in [9.17, 15) is 4.79 Å². The molecule has 1 amide bonds. The Morgan fingerprint density at radius 3 is 2.29 bits per heavy atom. The highest BCUT2D eigenvalue weighted by atomic mass is 16.1. The van der Waals surface area contributed by atoms with Gasteiger partial charge in [0.1, 0.15) is 7.85 Å². The van der Waals surface area contributed by atoms with E-state index < -0.39 is 0 Å². The molecule has 0 spiro atoms. The van der Waals surface area contributed by atoms with Crippen molar-refractivity contribution in [1.82, 2.24) is 4.90 Å². The van der Waals surface area contributed by atoms with Crippen LogP contribution in [0.25, 0.3) is 0 Å². The largest absolute Gasteiger partial charge is 0.363 e. The van der Waals surface area contributed by atoms with Gasteiger partial charge in [-0.25, -0.2) is 0 Å². The highest BCUT2D eigenvalue weighted by Gasteiger charge is 1.93. The second-order valence-corrected chi connectivity index (χ2v) is 1.53. The fourth-order valence-electron chi connectivity index (χ4n) is 0.223. The van der Waals surface area contributed by atoms with Crippen LogP contribution in [0, 0.1) is 0 Å². The second kappa shape index (κ2) is 2.72. The number of rotatable bonds is 1. The number of hydrogen-bond donors (Lipinski definition) is 0. The van der Waals surface area contributed by atoms with Crippen LogP contribution in [-0.4, -0.2) is 39.9 Å². The summed E-state index contributed by atoms with van der Waals surface area (Å²) in [7, 11) is 5.28. The van der Waals surface area contributed by atoms with E-state index >= 15 is 0 Å². The molecule has 0 fully saturated rings. The molecule has 0 radical (unpaired) electrons. The quantitative estimate of drug-likeness (QED) is 0.355. The number of carbonyl (C=O) groups excluding carboxylic acids is 1. The van der Waals surface area contributed by atoms with Gasteiger partial charge in [-0.2, -0.15) is 0 Å². The van der Waals surface area contributed by atoms with Crippen molar-refractivity contribution < 1.29 is 4.79 Å². The fraction of sp³-hybridized carbons (Fsp3) is 0.667. The summed E-state index contributed by atoms with van der Waals surface area (Å²) in [5.41, 5.74) is 0. The van der Waals surface area contributed by atoms with Gasteiger partial charge in [0.05, 0.1) is 0 Å². The van der Waals surface area contributed by atoms with Gasteiger partial charge in [-0.15, -0.1) is 0 Å². The number of carbonyl (C=O) groups is 1. The Morgan fingerprint density at radius 2 is 2.29 bits per heavy atom. The predicted octanol–water partition coefficient (Wildman–Crippen LogP) is -1.74. The summed E-state index contributed by atoms with van der Waals surface area (Å²) >= 11 is 0. The summed E-state index contributed by atoms with van der Waals surface area (Å²) in [5, 5.41) is 0. The van der Waals surface area contributed by atoms with E-state index in [1.54, 1.807) is 19.8 Å². The Labute approximate surface area is 45.7 Å². The van der Waals surface area contributed by atoms with Gasteiger partial charge in [0.2, 0.25) is 7.85 Å². The van der Waals surface area contributed by atoms with Crippen LogP contribution in [0.3, 0.4) is 0 Å². The van der Waals surface area contributed by atoms with Gasteiger partial charge in [-0.05, 0) is 6.44 Å². The van der Waals surface area contributed by atoms with E-state index in [4.69, 9.17) is 0 Å². The lowest BCUT2D eigenvalue weighted by Gasteiger charge is -2.09. The van der Waals surface area contributed by atoms with Gasteiger partial charge in [-0.1, -0.05) is 0 Å². The average molecular weight is 96.7 g/mol. The lowest BCUT2D eigenvalue weighted by atomic mass is 10.1. The van der Waals surface area contributed by atoms with Crippen LogP contribution in [0.15, 0.2) is 0 Å². The molecule has 0 aliphatic heterocycles. The Bertz CT molecular complexity index is 75.3. The molecule has 0 unspecified atom stereocenters. The maximum absolute atomic E-state index is 10.3. The van der Waals surface area contributed by atoms with Crippen molar-refractivity contribution >= 4 is 21.5 Å². The zero-order chi connectivity index (χ0) is 5.86. The first-order chi connectivity index (χ1) is 3.18. The van der Waals surface area contributed by atoms with E-state index in [1.165, 1.54) is 0 Å². The van der Waals surface area contributed by atoms with E-state index in [-0.39, 0.29) is 5.81 Å². The Morgan fingerprint density at radius 1 is 1.86 bits per heavy atom. The molecule has 0 rings (SSSR count). The maximum atomic E-state index is 10.3. The van der Waals surface area contributed by atoms with Crippen LogP contribution in [0.4, 0.5) is 4.79 Å². The molecule has 0 heterocycles. The molecule has 0 aromatic heterocycles. The Hall–Kier alpha value is -0.400. The van der Waals surface area contributed by atoms with Gasteiger partial charge in [0, 0.05) is 7.05 Å². The van der Waals surface area contributed by atoms with Crippen molar-refractivity contribution in [3.05, 3.63) is 0 Å². The van der Waals surface area contributed by atoms with Crippen LogP contribution in [0.2, 0.25) is 0 Å². The minimum Gasteiger partial charge on any atom is -0.363 e. The first-order valence-corrected chi connectivity index (χ1v) is 2.40. The Balaban J connectivity index is 3.34. The molecule has 0 saturated carbocycles. The molecule has 0 aliphatic carbocycles. The lowest BCUT2D eigenvalue weighted by molar-refractivity contribution is 0.238. The third-order valence-electron chi connectivity index (χ3n) is 1.01. The molecular formula is C3H9B2NO. The maximum Gasteiger partial charge on any atom is 0.215 e. The van der Waals surface area contributed by atoms with Crippen LogP contribution < -0.4 is 0 Å². The average Bonchev–Trinajstić information content (AvgIpc) is 1.65. The highest BCUT2D eigenvalue weighted by molar-refractivity contribution is 6.57. The summed E-state index contributed by atoms with van der Waals surface area (Å²) < 4.78 is 0. The Kier molecular flexibility index (Phi) is 2.56. The van der Waals surface area contributed by atoms with Crippen molar-refractivity contribution in [2.75, 3.05) is 13.5 Å². The SMILES string of the molecule is BCN(C)C(B)=O. The fourth-order valence-corrected chi connectivity index (χ4v) is 0.223. The molecule has 0 atom stereocenters. The van der Waals surface area contributed by atoms with Gasteiger partial charge in [0.15, 0.2) is 5.81 Å². The molecule has 0 aliphatic rings. The summed E-state index contributed by atoms with van der Waals surface area (Å²) in [6.45, 7) is 0. The minimum absolute atomic E-state index is 0.127. The molecule has 0 bridgehead atoms. The molecule has 0 aromatic rings. The van der Waals surface area contributed by atoms with E-state index in [1.807, 2.05) is 7.85 Å². The predicted molar refractivity (Wildman–Crippen MR) is 35.1 cm³/mol. The monoisotopic (exact) mass is 97.1 g/mol. The second-order valence-electron chi connectivity index (χ2n) is 1.53. The smallest absolute Gasteiger partial charge is 0.215 e. The molecule has 7 heavy (non-hydrogen) atoms. The van der Waals surface area contributed by atoms with Crippen LogP contribution >= 0.6 is 0 Å². The topological polar surface area (TPSA) is 20.3 Å². The van der Waals surface area contributed by atoms with Crippen molar-refractivity contribution in [2.24, 2.45) is 0 Å². The zero-order valence-corrected chi connectivity index (χ0v) is 5.06.